The van der Waals surface area contributed by atoms with E-state index in [0.717, 1.165) is 29.2 Å². The summed E-state index contributed by atoms with van der Waals surface area (Å²) >= 11 is 6.17. The summed E-state index contributed by atoms with van der Waals surface area (Å²) in [6, 6.07) is 15.9. The van der Waals surface area contributed by atoms with Crippen LogP contribution in [0.25, 0.3) is 0 Å². The smallest absolute Gasteiger partial charge is 0.0802 e. The van der Waals surface area contributed by atoms with E-state index in [0.29, 0.717) is 6.42 Å². The molecule has 0 amide bonds. The Labute approximate surface area is 132 Å². The van der Waals surface area contributed by atoms with E-state index in [1.807, 2.05) is 62.5 Å². The van der Waals surface area contributed by atoms with E-state index in [1.54, 1.807) is 0 Å². The Morgan fingerprint density at radius 1 is 1.10 bits per heavy atom. The Morgan fingerprint density at radius 2 is 1.76 bits per heavy atom. The molecule has 0 fully saturated rings. The first-order chi connectivity index (χ1) is 10.1. The molecule has 0 bridgehead atoms. The van der Waals surface area contributed by atoms with Gasteiger partial charge < -0.3 is 10.0 Å². The summed E-state index contributed by atoms with van der Waals surface area (Å²) in [7, 11) is 2.05. The molecule has 2 aromatic carbocycles. The van der Waals surface area contributed by atoms with Crippen molar-refractivity contribution < 1.29 is 5.11 Å². The molecule has 2 nitrogen and oxygen atoms in total. The fourth-order valence-electron chi connectivity index (χ4n) is 2.29. The summed E-state index contributed by atoms with van der Waals surface area (Å²) in [5.74, 6) is 0. The lowest BCUT2D eigenvalue weighted by Crippen LogP contribution is -2.21. The van der Waals surface area contributed by atoms with Crippen LogP contribution in [-0.2, 0) is 6.54 Å². The van der Waals surface area contributed by atoms with Gasteiger partial charge in [-0.25, -0.2) is 0 Å². The average Bonchev–Trinajstić information content (AvgIpc) is 2.48. The third-order valence-electron chi connectivity index (χ3n) is 3.64. The van der Waals surface area contributed by atoms with Gasteiger partial charge in [0.05, 0.1) is 6.10 Å². The molecule has 0 spiro atoms. The molecule has 3 heteroatoms. The van der Waals surface area contributed by atoms with Gasteiger partial charge >= 0.3 is 0 Å². The first-order valence-electron chi connectivity index (χ1n) is 7.23. The number of nitrogens with zero attached hydrogens (tertiary/aromatic N) is 1. The quantitative estimate of drug-likeness (QED) is 0.864. The van der Waals surface area contributed by atoms with Crippen molar-refractivity contribution in [3.63, 3.8) is 0 Å². The van der Waals surface area contributed by atoms with E-state index in [2.05, 4.69) is 4.90 Å². The van der Waals surface area contributed by atoms with Crippen LogP contribution >= 0.6 is 11.6 Å². The predicted molar refractivity (Wildman–Crippen MR) is 88.5 cm³/mol. The van der Waals surface area contributed by atoms with Gasteiger partial charge in [0.1, 0.15) is 0 Å². The maximum atomic E-state index is 10.2. The number of hydrogen-bond acceptors (Lipinski definition) is 2. The molecule has 0 saturated carbocycles. The van der Waals surface area contributed by atoms with Gasteiger partial charge in [0.25, 0.3) is 0 Å². The second-order valence-electron chi connectivity index (χ2n) is 5.54. The number of aryl methyl sites for hydroxylation is 1. The highest BCUT2D eigenvalue weighted by molar-refractivity contribution is 6.31. The lowest BCUT2D eigenvalue weighted by Gasteiger charge is -2.19. The molecule has 1 atom stereocenters. The van der Waals surface area contributed by atoms with Gasteiger partial charge in [0.2, 0.25) is 0 Å². The van der Waals surface area contributed by atoms with Crippen molar-refractivity contribution in [3.05, 3.63) is 70.2 Å². The minimum absolute atomic E-state index is 0.417. The zero-order valence-electron chi connectivity index (χ0n) is 12.6. The van der Waals surface area contributed by atoms with Gasteiger partial charge in [-0.1, -0.05) is 59.6 Å². The number of rotatable bonds is 6. The fraction of sp³-hybridized carbons (Fsp3) is 0.333. The van der Waals surface area contributed by atoms with Gasteiger partial charge in [-0.3, -0.25) is 0 Å². The van der Waals surface area contributed by atoms with Crippen molar-refractivity contribution in [3.8, 4) is 0 Å². The minimum atomic E-state index is -0.417. The zero-order valence-corrected chi connectivity index (χ0v) is 13.3. The third-order valence-corrected chi connectivity index (χ3v) is 4.01. The van der Waals surface area contributed by atoms with E-state index in [9.17, 15) is 5.11 Å². The van der Waals surface area contributed by atoms with E-state index in [4.69, 9.17) is 11.6 Å². The molecule has 0 heterocycles. The number of halogens is 1. The number of hydrogen-bond donors (Lipinski definition) is 1. The van der Waals surface area contributed by atoms with Crippen molar-refractivity contribution in [2.45, 2.75) is 26.0 Å². The Kier molecular flexibility index (Phi) is 5.80. The van der Waals surface area contributed by atoms with Crippen LogP contribution in [-0.4, -0.2) is 23.6 Å². The molecular weight excluding hydrogens is 282 g/mol. The topological polar surface area (TPSA) is 23.5 Å². The lowest BCUT2D eigenvalue weighted by molar-refractivity contribution is 0.147. The maximum absolute atomic E-state index is 10.2. The Hall–Kier alpha value is -1.35. The van der Waals surface area contributed by atoms with Crippen LogP contribution < -0.4 is 0 Å². The molecule has 0 radical (unpaired) electrons. The average molecular weight is 304 g/mol. The Bertz CT molecular complexity index is 568. The van der Waals surface area contributed by atoms with Crippen LogP contribution in [0.2, 0.25) is 5.02 Å². The third kappa shape index (κ3) is 4.85. The highest BCUT2D eigenvalue weighted by Gasteiger charge is 2.10. The molecule has 2 rings (SSSR count). The standard InChI is InChI=1S/C18H22ClNO/c1-14-7-9-15(10-8-14)18(21)11-12-20(2)13-16-5-3-4-6-17(16)19/h3-10,18,21H,11-13H2,1-2H3. The summed E-state index contributed by atoms with van der Waals surface area (Å²) in [5, 5.41) is 11.0. The summed E-state index contributed by atoms with van der Waals surface area (Å²) in [6.07, 6.45) is 0.295. The van der Waals surface area contributed by atoms with Crippen molar-refractivity contribution in [1.29, 1.82) is 0 Å². The molecule has 0 aliphatic heterocycles. The van der Waals surface area contributed by atoms with Gasteiger partial charge in [-0.2, -0.15) is 0 Å². The molecule has 0 aromatic heterocycles. The van der Waals surface area contributed by atoms with E-state index >= 15 is 0 Å². The van der Waals surface area contributed by atoms with E-state index in [-0.39, 0.29) is 0 Å². The first-order valence-corrected chi connectivity index (χ1v) is 7.60. The van der Waals surface area contributed by atoms with E-state index in [1.165, 1.54) is 5.56 Å². The van der Waals surface area contributed by atoms with Crippen LogP contribution in [0.3, 0.4) is 0 Å². The summed E-state index contributed by atoms with van der Waals surface area (Å²) in [6.45, 7) is 3.66. The second kappa shape index (κ2) is 7.60. The van der Waals surface area contributed by atoms with Crippen LogP contribution in [0, 0.1) is 6.92 Å². The van der Waals surface area contributed by atoms with Crippen molar-refractivity contribution in [1.82, 2.24) is 4.90 Å². The summed E-state index contributed by atoms with van der Waals surface area (Å²) < 4.78 is 0. The van der Waals surface area contributed by atoms with Crippen LogP contribution in [0.15, 0.2) is 48.5 Å². The largest absolute Gasteiger partial charge is 0.388 e. The van der Waals surface area contributed by atoms with E-state index < -0.39 is 6.10 Å². The SMILES string of the molecule is Cc1ccc(C(O)CCN(C)Cc2ccccc2Cl)cc1. The highest BCUT2D eigenvalue weighted by Crippen LogP contribution is 2.19. The normalized spacial score (nSPS) is 12.6. The fourth-order valence-corrected chi connectivity index (χ4v) is 2.49. The van der Waals surface area contributed by atoms with Gasteiger partial charge in [0, 0.05) is 18.1 Å². The monoisotopic (exact) mass is 303 g/mol. The summed E-state index contributed by atoms with van der Waals surface area (Å²) in [4.78, 5) is 2.18. The van der Waals surface area contributed by atoms with Gasteiger partial charge in [-0.15, -0.1) is 0 Å². The molecule has 112 valence electrons. The molecular formula is C18H22ClNO. The zero-order chi connectivity index (χ0) is 15.2. The highest BCUT2D eigenvalue weighted by atomic mass is 35.5. The molecule has 1 N–H and O–H groups in total. The van der Waals surface area contributed by atoms with Crippen molar-refractivity contribution in [2.24, 2.45) is 0 Å². The molecule has 1 unspecified atom stereocenters. The molecule has 0 saturated heterocycles. The molecule has 0 aliphatic rings. The number of benzene rings is 2. The van der Waals surface area contributed by atoms with Crippen molar-refractivity contribution >= 4 is 11.6 Å². The Morgan fingerprint density at radius 3 is 2.43 bits per heavy atom. The van der Waals surface area contributed by atoms with Crippen LogP contribution in [0.1, 0.15) is 29.2 Å². The Balaban J connectivity index is 1.85. The predicted octanol–water partition coefficient (Wildman–Crippen LogP) is 4.20. The maximum Gasteiger partial charge on any atom is 0.0802 e. The lowest BCUT2D eigenvalue weighted by atomic mass is 10.0. The van der Waals surface area contributed by atoms with Crippen LogP contribution in [0.5, 0.6) is 0 Å². The van der Waals surface area contributed by atoms with Crippen molar-refractivity contribution in [2.75, 3.05) is 13.6 Å². The number of aliphatic hydroxyl groups excluding tert-OH is 1. The molecule has 0 aliphatic carbocycles. The summed E-state index contributed by atoms with van der Waals surface area (Å²) in [5.41, 5.74) is 3.31. The number of aliphatic hydroxyl groups is 1. The van der Waals surface area contributed by atoms with Gasteiger partial charge in [-0.05, 0) is 37.6 Å². The first kappa shape index (κ1) is 16.0. The second-order valence-corrected chi connectivity index (χ2v) is 5.95. The molecule has 2 aromatic rings. The van der Waals surface area contributed by atoms with Crippen LogP contribution in [0.4, 0.5) is 0 Å². The van der Waals surface area contributed by atoms with Gasteiger partial charge in [0.15, 0.2) is 0 Å². The molecule has 21 heavy (non-hydrogen) atoms. The minimum Gasteiger partial charge on any atom is -0.388 e.